The fraction of sp³-hybridized carbons (Fsp3) is 0.706. The molecule has 2 aliphatic rings. The summed E-state index contributed by atoms with van der Waals surface area (Å²) in [4.78, 5) is 26.7. The number of carbonyl (C=O) groups is 2. The average molecular weight is 319 g/mol. The van der Waals surface area contributed by atoms with Gasteiger partial charge in [-0.2, -0.15) is 0 Å². The number of likely N-dealkylation sites (tertiary alicyclic amines) is 1. The minimum absolute atomic E-state index is 0.0249. The third kappa shape index (κ3) is 3.92. The van der Waals surface area contributed by atoms with Crippen LogP contribution in [0.1, 0.15) is 50.7 Å². The summed E-state index contributed by atoms with van der Waals surface area (Å²) in [7, 11) is 0. The van der Waals surface area contributed by atoms with Crippen molar-refractivity contribution < 1.29 is 14.1 Å². The van der Waals surface area contributed by atoms with Gasteiger partial charge in [-0.05, 0) is 32.6 Å². The van der Waals surface area contributed by atoms with Crippen molar-refractivity contribution in [3.63, 3.8) is 0 Å². The van der Waals surface area contributed by atoms with Gasteiger partial charge < -0.3 is 14.7 Å². The molecule has 23 heavy (non-hydrogen) atoms. The maximum atomic E-state index is 12.5. The largest absolute Gasteiger partial charge is 0.360 e. The van der Waals surface area contributed by atoms with Gasteiger partial charge in [-0.25, -0.2) is 0 Å². The van der Waals surface area contributed by atoms with Crippen LogP contribution in [0.2, 0.25) is 0 Å². The number of rotatable bonds is 3. The molecule has 1 N–H and O–H groups in total. The van der Waals surface area contributed by atoms with Crippen molar-refractivity contribution in [3.8, 4) is 0 Å². The number of carbonyl (C=O) groups excluding carboxylic acids is 2. The topological polar surface area (TPSA) is 75.4 Å². The summed E-state index contributed by atoms with van der Waals surface area (Å²) >= 11 is 0. The molecule has 126 valence electrons. The molecule has 0 unspecified atom stereocenters. The highest BCUT2D eigenvalue weighted by Crippen LogP contribution is 2.27. The summed E-state index contributed by atoms with van der Waals surface area (Å²) in [5, 5.41) is 6.58. The Bertz CT molecular complexity index is 555. The molecule has 0 radical (unpaired) electrons. The molecule has 1 saturated carbocycles. The van der Waals surface area contributed by atoms with E-state index < -0.39 is 0 Å². The molecule has 1 aliphatic carbocycles. The van der Waals surface area contributed by atoms with Crippen molar-refractivity contribution in [3.05, 3.63) is 11.8 Å². The Balaban J connectivity index is 1.47. The van der Waals surface area contributed by atoms with Gasteiger partial charge in [0, 0.05) is 31.0 Å². The number of hydrogen-bond donors (Lipinski definition) is 1. The molecule has 3 rings (SSSR count). The van der Waals surface area contributed by atoms with Crippen molar-refractivity contribution in [1.29, 1.82) is 0 Å². The van der Waals surface area contributed by atoms with Gasteiger partial charge in [0.2, 0.25) is 11.8 Å². The zero-order valence-corrected chi connectivity index (χ0v) is 13.7. The van der Waals surface area contributed by atoms with Crippen LogP contribution in [0.4, 0.5) is 5.82 Å². The zero-order valence-electron chi connectivity index (χ0n) is 13.7. The Kier molecular flexibility index (Phi) is 4.98. The van der Waals surface area contributed by atoms with E-state index in [4.69, 9.17) is 4.52 Å². The first-order chi connectivity index (χ1) is 11.1. The molecule has 1 aromatic heterocycles. The van der Waals surface area contributed by atoms with Gasteiger partial charge in [0.05, 0.1) is 0 Å². The molecule has 0 aromatic carbocycles. The van der Waals surface area contributed by atoms with Crippen LogP contribution in [0.25, 0.3) is 0 Å². The standard InChI is InChI=1S/C17H25N3O3/c1-12-11-15(19-23-12)18-16(21)13-7-9-20(10-8-13)17(22)14-5-3-2-4-6-14/h11,13-14H,2-10H2,1H3,(H,18,19,21). The second kappa shape index (κ2) is 7.15. The molecular weight excluding hydrogens is 294 g/mol. The van der Waals surface area contributed by atoms with Crippen LogP contribution in [0.3, 0.4) is 0 Å². The number of hydrogen-bond acceptors (Lipinski definition) is 4. The van der Waals surface area contributed by atoms with Gasteiger partial charge >= 0.3 is 0 Å². The van der Waals surface area contributed by atoms with E-state index in [0.29, 0.717) is 30.6 Å². The van der Waals surface area contributed by atoms with Crippen LogP contribution >= 0.6 is 0 Å². The molecule has 1 saturated heterocycles. The van der Waals surface area contributed by atoms with Gasteiger partial charge in [-0.3, -0.25) is 9.59 Å². The lowest BCUT2D eigenvalue weighted by Gasteiger charge is -2.34. The normalized spacial score (nSPS) is 20.5. The second-order valence-electron chi connectivity index (χ2n) is 6.75. The van der Waals surface area contributed by atoms with Crippen LogP contribution in [0.5, 0.6) is 0 Å². The second-order valence-corrected chi connectivity index (χ2v) is 6.75. The molecule has 0 atom stereocenters. The number of aryl methyl sites for hydroxylation is 1. The van der Waals surface area contributed by atoms with E-state index >= 15 is 0 Å². The monoisotopic (exact) mass is 319 g/mol. The number of amides is 2. The number of aromatic nitrogens is 1. The van der Waals surface area contributed by atoms with Crippen LogP contribution in [0, 0.1) is 18.8 Å². The van der Waals surface area contributed by atoms with E-state index in [1.807, 2.05) is 4.90 Å². The Morgan fingerprint density at radius 1 is 1.13 bits per heavy atom. The molecule has 2 fully saturated rings. The molecule has 6 nitrogen and oxygen atoms in total. The molecule has 0 bridgehead atoms. The minimum Gasteiger partial charge on any atom is -0.360 e. The summed E-state index contributed by atoms with van der Waals surface area (Å²) < 4.78 is 4.95. The summed E-state index contributed by atoms with van der Waals surface area (Å²) in [6.45, 7) is 3.16. The first kappa shape index (κ1) is 16.0. The lowest BCUT2D eigenvalue weighted by Crippen LogP contribution is -2.44. The van der Waals surface area contributed by atoms with Crippen molar-refractivity contribution in [2.45, 2.75) is 51.9 Å². The predicted molar refractivity (Wildman–Crippen MR) is 85.7 cm³/mol. The van der Waals surface area contributed by atoms with Crippen LogP contribution in [0.15, 0.2) is 10.6 Å². The van der Waals surface area contributed by atoms with E-state index in [1.165, 1.54) is 19.3 Å². The van der Waals surface area contributed by atoms with Gasteiger partial charge in [0.15, 0.2) is 5.82 Å². The molecule has 0 spiro atoms. The fourth-order valence-corrected chi connectivity index (χ4v) is 3.62. The van der Waals surface area contributed by atoms with Gasteiger partial charge in [0.1, 0.15) is 5.76 Å². The summed E-state index contributed by atoms with van der Waals surface area (Å²) in [5.74, 6) is 1.58. The Hall–Kier alpha value is -1.85. The predicted octanol–water partition coefficient (Wildman–Crippen LogP) is 2.74. The van der Waals surface area contributed by atoms with E-state index in [-0.39, 0.29) is 17.7 Å². The van der Waals surface area contributed by atoms with E-state index in [1.54, 1.807) is 13.0 Å². The van der Waals surface area contributed by atoms with Crippen molar-refractivity contribution in [1.82, 2.24) is 10.1 Å². The highest BCUT2D eigenvalue weighted by atomic mass is 16.5. The van der Waals surface area contributed by atoms with Gasteiger partial charge in [-0.15, -0.1) is 0 Å². The lowest BCUT2D eigenvalue weighted by molar-refractivity contribution is -0.139. The summed E-state index contributed by atoms with van der Waals surface area (Å²) in [5.41, 5.74) is 0. The highest BCUT2D eigenvalue weighted by Gasteiger charge is 2.31. The van der Waals surface area contributed by atoms with E-state index in [2.05, 4.69) is 10.5 Å². The average Bonchev–Trinajstić information content (AvgIpc) is 3.00. The van der Waals surface area contributed by atoms with Gasteiger partial charge in [-0.1, -0.05) is 24.4 Å². The Morgan fingerprint density at radius 3 is 2.43 bits per heavy atom. The van der Waals surface area contributed by atoms with Crippen molar-refractivity contribution in [2.75, 3.05) is 18.4 Å². The molecule has 2 amide bonds. The molecule has 1 aromatic rings. The first-order valence-electron chi connectivity index (χ1n) is 8.66. The zero-order chi connectivity index (χ0) is 16.2. The SMILES string of the molecule is Cc1cc(NC(=O)C2CCN(C(=O)C3CCCCC3)CC2)no1. The first-order valence-corrected chi connectivity index (χ1v) is 8.66. The third-order valence-corrected chi connectivity index (χ3v) is 5.01. The smallest absolute Gasteiger partial charge is 0.228 e. The van der Waals surface area contributed by atoms with Crippen molar-refractivity contribution >= 4 is 17.6 Å². The summed E-state index contributed by atoms with van der Waals surface area (Å²) in [6.07, 6.45) is 7.12. The molecule has 6 heteroatoms. The van der Waals surface area contributed by atoms with Gasteiger partial charge in [0.25, 0.3) is 0 Å². The fourth-order valence-electron chi connectivity index (χ4n) is 3.62. The quantitative estimate of drug-likeness (QED) is 0.929. The highest BCUT2D eigenvalue weighted by molar-refractivity contribution is 5.91. The molecule has 2 heterocycles. The number of anilines is 1. The van der Waals surface area contributed by atoms with E-state index in [9.17, 15) is 9.59 Å². The number of nitrogens with zero attached hydrogens (tertiary/aromatic N) is 2. The minimum atomic E-state index is -0.0533. The number of piperidine rings is 1. The maximum Gasteiger partial charge on any atom is 0.228 e. The molecular formula is C17H25N3O3. The van der Waals surface area contributed by atoms with E-state index in [0.717, 1.165) is 25.7 Å². The van der Waals surface area contributed by atoms with Crippen LogP contribution < -0.4 is 5.32 Å². The third-order valence-electron chi connectivity index (χ3n) is 5.01. The van der Waals surface area contributed by atoms with Crippen LogP contribution in [-0.2, 0) is 9.59 Å². The number of nitrogens with one attached hydrogen (secondary N) is 1. The lowest BCUT2D eigenvalue weighted by atomic mass is 9.87. The van der Waals surface area contributed by atoms with Crippen molar-refractivity contribution in [2.24, 2.45) is 11.8 Å². The van der Waals surface area contributed by atoms with Crippen LogP contribution in [-0.4, -0.2) is 35.0 Å². The maximum absolute atomic E-state index is 12.5. The summed E-state index contributed by atoms with van der Waals surface area (Å²) in [6, 6.07) is 1.71. The molecule has 1 aliphatic heterocycles. The Labute approximate surface area is 136 Å². The Morgan fingerprint density at radius 2 is 1.83 bits per heavy atom.